The van der Waals surface area contributed by atoms with Crippen LogP contribution in [0.1, 0.15) is 39.0 Å². The normalized spacial score (nSPS) is 17.6. The first kappa shape index (κ1) is 14.5. The van der Waals surface area contributed by atoms with Gasteiger partial charge in [0.05, 0.1) is 7.11 Å². The summed E-state index contributed by atoms with van der Waals surface area (Å²) in [5, 5.41) is 10.1. The molecule has 1 saturated carbocycles. The van der Waals surface area contributed by atoms with Crippen molar-refractivity contribution in [2.45, 2.75) is 44.6 Å². The van der Waals surface area contributed by atoms with Crippen LogP contribution in [0.4, 0.5) is 9.59 Å². The largest absolute Gasteiger partial charge is 0.465 e. The van der Waals surface area contributed by atoms with E-state index in [2.05, 4.69) is 22.7 Å². The zero-order valence-corrected chi connectivity index (χ0v) is 9.78. The Bertz CT molecular complexity index is 233. The van der Waals surface area contributed by atoms with Gasteiger partial charge in [-0.05, 0) is 19.8 Å². The van der Waals surface area contributed by atoms with Crippen LogP contribution in [0.5, 0.6) is 0 Å². The molecule has 6 heteroatoms. The molecule has 94 valence electrons. The molecule has 6 nitrogen and oxygen atoms in total. The van der Waals surface area contributed by atoms with E-state index < -0.39 is 6.09 Å². The van der Waals surface area contributed by atoms with Gasteiger partial charge in [0, 0.05) is 5.54 Å². The first-order valence-corrected chi connectivity index (χ1v) is 5.24. The Morgan fingerprint density at radius 1 is 1.31 bits per heavy atom. The minimum absolute atomic E-state index is 0.0225. The molecule has 1 aliphatic carbocycles. The number of primary amides is 1. The summed E-state index contributed by atoms with van der Waals surface area (Å²) in [6, 6.07) is 0. The lowest BCUT2D eigenvalue weighted by molar-refractivity contribution is 0.148. The van der Waals surface area contributed by atoms with Gasteiger partial charge in [-0.3, -0.25) is 0 Å². The topological polar surface area (TPSA) is 102 Å². The second-order valence-electron chi connectivity index (χ2n) is 4.08. The van der Waals surface area contributed by atoms with Crippen molar-refractivity contribution in [1.82, 2.24) is 5.32 Å². The molecule has 0 unspecified atom stereocenters. The lowest BCUT2D eigenvalue weighted by atomic mass is 9.83. The van der Waals surface area contributed by atoms with Gasteiger partial charge < -0.3 is 20.9 Å². The zero-order valence-electron chi connectivity index (χ0n) is 9.78. The van der Waals surface area contributed by atoms with Crippen molar-refractivity contribution < 1.29 is 19.4 Å². The number of alkyl carbamates (subject to hydrolysis) is 1. The highest BCUT2D eigenvalue weighted by Gasteiger charge is 2.28. The lowest BCUT2D eigenvalue weighted by Gasteiger charge is -2.33. The Morgan fingerprint density at radius 3 is 2.12 bits per heavy atom. The number of carbonyl (C=O) groups excluding carboxylic acids is 1. The summed E-state index contributed by atoms with van der Waals surface area (Å²) in [5.74, 6) is 0. The van der Waals surface area contributed by atoms with E-state index in [0.29, 0.717) is 0 Å². The van der Waals surface area contributed by atoms with Crippen molar-refractivity contribution in [3.63, 3.8) is 0 Å². The van der Waals surface area contributed by atoms with Crippen molar-refractivity contribution in [3.05, 3.63) is 0 Å². The molecular formula is C10H20N2O4. The number of hydrogen-bond donors (Lipinski definition) is 3. The number of carbonyl (C=O) groups is 2. The van der Waals surface area contributed by atoms with E-state index in [1.807, 2.05) is 0 Å². The summed E-state index contributed by atoms with van der Waals surface area (Å²) in [7, 11) is 1.40. The van der Waals surface area contributed by atoms with Crippen molar-refractivity contribution in [3.8, 4) is 0 Å². The molecule has 0 atom stereocenters. The number of rotatable bonds is 1. The molecule has 0 aromatic rings. The smallest absolute Gasteiger partial charge is 0.407 e. The van der Waals surface area contributed by atoms with Crippen LogP contribution in [0.25, 0.3) is 0 Å². The summed E-state index contributed by atoms with van der Waals surface area (Å²) >= 11 is 0. The van der Waals surface area contributed by atoms with Gasteiger partial charge in [0.1, 0.15) is 0 Å². The first-order chi connectivity index (χ1) is 7.39. The van der Waals surface area contributed by atoms with Crippen molar-refractivity contribution in [2.75, 3.05) is 7.11 Å². The summed E-state index contributed by atoms with van der Waals surface area (Å²) in [6.07, 6.45) is 4.21. The SMILES string of the molecule is COC(=O)NC1(C)CCCCC1.NC(=O)O. The summed E-state index contributed by atoms with van der Waals surface area (Å²) < 4.78 is 4.57. The highest BCUT2D eigenvalue weighted by Crippen LogP contribution is 2.27. The third kappa shape index (κ3) is 6.92. The number of methoxy groups -OCH3 is 1. The maximum absolute atomic E-state index is 11.0. The quantitative estimate of drug-likeness (QED) is 0.640. The van der Waals surface area contributed by atoms with Gasteiger partial charge >= 0.3 is 12.2 Å². The highest BCUT2D eigenvalue weighted by atomic mass is 16.5. The van der Waals surface area contributed by atoms with E-state index in [1.165, 1.54) is 26.4 Å². The molecule has 0 spiro atoms. The fourth-order valence-electron chi connectivity index (χ4n) is 1.75. The Labute approximate surface area is 95.1 Å². The summed E-state index contributed by atoms with van der Waals surface area (Å²) in [5.41, 5.74) is 4.01. The van der Waals surface area contributed by atoms with E-state index in [0.717, 1.165) is 12.8 Å². The average Bonchev–Trinajstić information content (AvgIpc) is 2.17. The number of hydrogen-bond acceptors (Lipinski definition) is 3. The molecule has 0 saturated heterocycles. The molecule has 0 radical (unpaired) electrons. The van der Waals surface area contributed by atoms with Crippen molar-refractivity contribution in [2.24, 2.45) is 5.73 Å². The number of carboxylic acid groups (broad SMARTS) is 1. The molecule has 0 aromatic heterocycles. The molecule has 0 bridgehead atoms. The van der Waals surface area contributed by atoms with Crippen LogP contribution in [-0.2, 0) is 4.74 Å². The average molecular weight is 232 g/mol. The molecule has 0 aliphatic heterocycles. The minimum atomic E-state index is -1.33. The van der Waals surface area contributed by atoms with Crippen LogP contribution in [0.15, 0.2) is 0 Å². The zero-order chi connectivity index (χ0) is 12.6. The van der Waals surface area contributed by atoms with Crippen LogP contribution in [0.3, 0.4) is 0 Å². The highest BCUT2D eigenvalue weighted by molar-refractivity contribution is 5.68. The van der Waals surface area contributed by atoms with Gasteiger partial charge in [-0.2, -0.15) is 0 Å². The summed E-state index contributed by atoms with van der Waals surface area (Å²) in [6.45, 7) is 2.09. The third-order valence-corrected chi connectivity index (χ3v) is 2.55. The maximum Gasteiger partial charge on any atom is 0.407 e. The predicted octanol–water partition coefficient (Wildman–Crippen LogP) is 1.69. The lowest BCUT2D eigenvalue weighted by Crippen LogP contribution is -2.47. The molecule has 0 aromatic carbocycles. The van der Waals surface area contributed by atoms with Gasteiger partial charge in [0.15, 0.2) is 0 Å². The van der Waals surface area contributed by atoms with Gasteiger partial charge in [0.2, 0.25) is 0 Å². The van der Waals surface area contributed by atoms with E-state index in [1.54, 1.807) is 0 Å². The predicted molar refractivity (Wildman–Crippen MR) is 59.2 cm³/mol. The second-order valence-corrected chi connectivity index (χ2v) is 4.08. The molecule has 1 aliphatic rings. The monoisotopic (exact) mass is 232 g/mol. The first-order valence-electron chi connectivity index (χ1n) is 5.24. The number of nitrogens with two attached hydrogens (primary N) is 1. The molecular weight excluding hydrogens is 212 g/mol. The van der Waals surface area contributed by atoms with Gasteiger partial charge in [-0.1, -0.05) is 19.3 Å². The van der Waals surface area contributed by atoms with E-state index in [4.69, 9.17) is 9.90 Å². The van der Waals surface area contributed by atoms with Gasteiger partial charge in [-0.25, -0.2) is 9.59 Å². The fourth-order valence-corrected chi connectivity index (χ4v) is 1.75. The third-order valence-electron chi connectivity index (χ3n) is 2.55. The molecule has 0 heterocycles. The number of nitrogens with one attached hydrogen (secondary N) is 1. The van der Waals surface area contributed by atoms with Crippen LogP contribution < -0.4 is 11.1 Å². The van der Waals surface area contributed by atoms with Gasteiger partial charge in [0.25, 0.3) is 0 Å². The Morgan fingerprint density at radius 2 is 1.75 bits per heavy atom. The van der Waals surface area contributed by atoms with E-state index in [9.17, 15) is 4.79 Å². The van der Waals surface area contributed by atoms with Crippen molar-refractivity contribution >= 4 is 12.2 Å². The van der Waals surface area contributed by atoms with Crippen LogP contribution in [0.2, 0.25) is 0 Å². The molecule has 1 rings (SSSR count). The van der Waals surface area contributed by atoms with Gasteiger partial charge in [-0.15, -0.1) is 0 Å². The van der Waals surface area contributed by atoms with Crippen LogP contribution >= 0.6 is 0 Å². The molecule has 1 fully saturated rings. The van der Waals surface area contributed by atoms with Crippen molar-refractivity contribution in [1.29, 1.82) is 0 Å². The Hall–Kier alpha value is -1.46. The Kier molecular flexibility index (Phi) is 6.29. The van der Waals surface area contributed by atoms with E-state index >= 15 is 0 Å². The Balaban J connectivity index is 0.000000487. The standard InChI is InChI=1S/C9H17NO2.CH3NO2/c1-9(10-8(11)12-2)6-4-3-5-7-9;2-1(3)4/h3-7H2,1-2H3,(H,10,11);2H2,(H,3,4). The molecule has 2 amide bonds. The molecule has 16 heavy (non-hydrogen) atoms. The maximum atomic E-state index is 11.0. The number of ether oxygens (including phenoxy) is 1. The molecule has 4 N–H and O–H groups in total. The fraction of sp³-hybridized carbons (Fsp3) is 0.800. The number of amides is 2. The minimum Gasteiger partial charge on any atom is -0.465 e. The summed E-state index contributed by atoms with van der Waals surface area (Å²) in [4.78, 5) is 19.7. The second kappa shape index (κ2) is 6.92. The van der Waals surface area contributed by atoms with Crippen LogP contribution in [-0.4, -0.2) is 29.9 Å². The van der Waals surface area contributed by atoms with Crippen LogP contribution in [0, 0.1) is 0 Å². The van der Waals surface area contributed by atoms with E-state index in [-0.39, 0.29) is 11.6 Å².